The Morgan fingerprint density at radius 1 is 1.30 bits per heavy atom. The second-order valence-electron chi connectivity index (χ2n) is 6.71. The topological polar surface area (TPSA) is 77.1 Å². The fourth-order valence-electron chi connectivity index (χ4n) is 2.27. The molecule has 0 saturated carbocycles. The van der Waals surface area contributed by atoms with Crippen LogP contribution < -0.4 is 0 Å². The number of nitrogens with zero attached hydrogens (tertiary/aromatic N) is 3. The molecular formula is C20H18BrN3O2S. The molecule has 1 fully saturated rings. The molecule has 0 radical (unpaired) electrons. The van der Waals surface area contributed by atoms with E-state index in [9.17, 15) is 15.3 Å². The minimum atomic E-state index is -0.633. The first kappa shape index (κ1) is 20.8. The second-order valence-corrected chi connectivity index (χ2v) is 8.82. The Kier molecular flexibility index (Phi) is 6.54. The second kappa shape index (κ2) is 8.47. The summed E-state index contributed by atoms with van der Waals surface area (Å²) in [7, 11) is 0. The van der Waals surface area contributed by atoms with E-state index in [1.807, 2.05) is 24.3 Å². The number of thioether (sulfide) groups is 1. The third-order valence-electron chi connectivity index (χ3n) is 3.38. The van der Waals surface area contributed by atoms with Crippen LogP contribution in [0.2, 0.25) is 0 Å². The molecule has 0 atom stereocenters. The van der Waals surface area contributed by atoms with Crippen LogP contribution in [0.1, 0.15) is 26.3 Å². The third-order valence-corrected chi connectivity index (χ3v) is 4.87. The average Bonchev–Trinajstić information content (AvgIpc) is 2.95. The van der Waals surface area contributed by atoms with Gasteiger partial charge in [-0.15, -0.1) is 0 Å². The maximum absolute atomic E-state index is 12.5. The lowest BCUT2D eigenvalue weighted by Gasteiger charge is -2.24. The molecule has 0 N–H and O–H groups in total. The van der Waals surface area contributed by atoms with Crippen molar-refractivity contribution in [3.05, 3.63) is 62.5 Å². The number of carbonyl (C=O) groups is 1. The van der Waals surface area contributed by atoms with E-state index < -0.39 is 11.7 Å². The highest BCUT2D eigenvalue weighted by Gasteiger charge is 2.31. The predicted octanol–water partition coefficient (Wildman–Crippen LogP) is 5.59. The van der Waals surface area contributed by atoms with Crippen molar-refractivity contribution < 1.29 is 9.53 Å². The maximum atomic E-state index is 12.5. The average molecular weight is 444 g/mol. The first-order valence-electron chi connectivity index (χ1n) is 8.03. The van der Waals surface area contributed by atoms with Crippen LogP contribution in [0.5, 0.6) is 0 Å². The Bertz CT molecular complexity index is 897. The van der Waals surface area contributed by atoms with E-state index in [1.165, 1.54) is 16.7 Å². The van der Waals surface area contributed by atoms with Gasteiger partial charge in [0.25, 0.3) is 0 Å². The lowest BCUT2D eigenvalue weighted by atomic mass is 10.0. The molecule has 0 aliphatic carbocycles. The monoisotopic (exact) mass is 443 g/mol. The zero-order valence-corrected chi connectivity index (χ0v) is 17.6. The molecule has 1 amide bonds. The van der Waals surface area contributed by atoms with Gasteiger partial charge in [-0.2, -0.15) is 10.5 Å². The fraction of sp³-hybridized carbons (Fsp3) is 0.250. The molecule has 1 aromatic carbocycles. The van der Waals surface area contributed by atoms with Gasteiger partial charge < -0.3 is 4.74 Å². The number of hydrogen-bond donors (Lipinski definition) is 0. The highest BCUT2D eigenvalue weighted by molar-refractivity contribution is 9.10. The van der Waals surface area contributed by atoms with Crippen molar-refractivity contribution in [3.63, 3.8) is 0 Å². The molecule has 2 rings (SSSR count). The summed E-state index contributed by atoms with van der Waals surface area (Å²) in [5.41, 5.74) is 0.474. The van der Waals surface area contributed by atoms with E-state index in [2.05, 4.69) is 22.5 Å². The van der Waals surface area contributed by atoms with Gasteiger partial charge in [-0.3, -0.25) is 4.90 Å². The van der Waals surface area contributed by atoms with Gasteiger partial charge in [0.05, 0.1) is 11.6 Å². The number of benzene rings is 1. The lowest BCUT2D eigenvalue weighted by Crippen LogP contribution is -2.34. The fourth-order valence-corrected chi connectivity index (χ4v) is 3.45. The predicted molar refractivity (Wildman–Crippen MR) is 110 cm³/mol. The standard InChI is InChI=1S/C20H18BrN3O2S/c1-13-12-24(19(25)26-20(2,3)4)18(27-13)9-17(15(10-22)11-23)14-5-7-16(21)8-6-14/h5-9H,1,12H2,2-4H3/b18-9-. The van der Waals surface area contributed by atoms with Gasteiger partial charge >= 0.3 is 6.09 Å². The molecular weight excluding hydrogens is 426 g/mol. The number of allylic oxidation sites excluding steroid dienone is 3. The van der Waals surface area contributed by atoms with Crippen LogP contribution in [0.25, 0.3) is 5.57 Å². The molecule has 27 heavy (non-hydrogen) atoms. The third kappa shape index (κ3) is 5.50. The summed E-state index contributed by atoms with van der Waals surface area (Å²) in [4.78, 5) is 14.8. The van der Waals surface area contributed by atoms with Gasteiger partial charge in [0, 0.05) is 15.0 Å². The Labute approximate surface area is 171 Å². The number of nitriles is 2. The van der Waals surface area contributed by atoms with Crippen LogP contribution >= 0.6 is 27.7 Å². The van der Waals surface area contributed by atoms with Crippen LogP contribution in [0.3, 0.4) is 0 Å². The first-order valence-corrected chi connectivity index (χ1v) is 9.64. The van der Waals surface area contributed by atoms with E-state index >= 15 is 0 Å². The number of ether oxygens (including phenoxy) is 1. The van der Waals surface area contributed by atoms with Crippen LogP contribution in [0, 0.1) is 22.7 Å². The minimum Gasteiger partial charge on any atom is -0.443 e. The summed E-state index contributed by atoms with van der Waals surface area (Å²) in [6.45, 7) is 9.63. The molecule has 1 aliphatic rings. The van der Waals surface area contributed by atoms with Crippen LogP contribution in [-0.4, -0.2) is 23.1 Å². The van der Waals surface area contributed by atoms with Crippen molar-refractivity contribution in [2.75, 3.05) is 6.54 Å². The molecule has 138 valence electrons. The van der Waals surface area contributed by atoms with Crippen LogP contribution in [0.15, 0.2) is 56.9 Å². The summed E-state index contributed by atoms with van der Waals surface area (Å²) in [6.07, 6.45) is 1.17. The highest BCUT2D eigenvalue weighted by Crippen LogP contribution is 2.39. The molecule has 0 unspecified atom stereocenters. The van der Waals surface area contributed by atoms with E-state index in [4.69, 9.17) is 4.74 Å². The first-order chi connectivity index (χ1) is 12.6. The van der Waals surface area contributed by atoms with E-state index in [-0.39, 0.29) is 5.57 Å². The largest absolute Gasteiger partial charge is 0.443 e. The Balaban J connectivity index is 2.51. The van der Waals surface area contributed by atoms with E-state index in [0.29, 0.717) is 22.7 Å². The van der Waals surface area contributed by atoms with Crippen molar-refractivity contribution in [3.8, 4) is 12.1 Å². The van der Waals surface area contributed by atoms with Gasteiger partial charge in [-0.25, -0.2) is 4.79 Å². The van der Waals surface area contributed by atoms with Gasteiger partial charge in [0.15, 0.2) is 0 Å². The summed E-state index contributed by atoms with van der Waals surface area (Å²) < 4.78 is 6.34. The Morgan fingerprint density at radius 2 is 1.89 bits per heavy atom. The van der Waals surface area contributed by atoms with Gasteiger partial charge in [-0.1, -0.05) is 46.4 Å². The van der Waals surface area contributed by atoms with Crippen molar-refractivity contribution >= 4 is 39.4 Å². The number of amides is 1. The molecule has 0 bridgehead atoms. The maximum Gasteiger partial charge on any atom is 0.415 e. The quantitative estimate of drug-likeness (QED) is 0.556. The smallest absolute Gasteiger partial charge is 0.415 e. The molecule has 0 aromatic heterocycles. The molecule has 1 saturated heterocycles. The zero-order valence-electron chi connectivity index (χ0n) is 15.2. The Morgan fingerprint density at radius 3 is 2.41 bits per heavy atom. The van der Waals surface area contributed by atoms with Crippen molar-refractivity contribution in [2.24, 2.45) is 0 Å². The summed E-state index contributed by atoms with van der Waals surface area (Å²) in [6, 6.07) is 11.1. The highest BCUT2D eigenvalue weighted by atomic mass is 79.9. The van der Waals surface area contributed by atoms with Gasteiger partial charge in [0.2, 0.25) is 0 Å². The molecule has 7 heteroatoms. The van der Waals surface area contributed by atoms with Gasteiger partial charge in [-0.05, 0) is 44.5 Å². The normalized spacial score (nSPS) is 15.3. The number of halogens is 1. The molecule has 1 aromatic rings. The van der Waals surface area contributed by atoms with E-state index in [1.54, 1.807) is 39.0 Å². The minimum absolute atomic E-state index is 0.0351. The zero-order chi connectivity index (χ0) is 20.2. The molecule has 1 aliphatic heterocycles. The number of carbonyl (C=O) groups excluding carboxylic acids is 1. The van der Waals surface area contributed by atoms with Crippen LogP contribution in [-0.2, 0) is 4.74 Å². The molecule has 0 spiro atoms. The number of hydrogen-bond acceptors (Lipinski definition) is 5. The summed E-state index contributed by atoms with van der Waals surface area (Å²) >= 11 is 4.69. The Hall–Kier alpha value is -2.48. The van der Waals surface area contributed by atoms with Crippen LogP contribution in [0.4, 0.5) is 4.79 Å². The summed E-state index contributed by atoms with van der Waals surface area (Å²) in [5, 5.41) is 19.3. The molecule has 5 nitrogen and oxygen atoms in total. The van der Waals surface area contributed by atoms with Crippen molar-refractivity contribution in [1.82, 2.24) is 4.90 Å². The lowest BCUT2D eigenvalue weighted by molar-refractivity contribution is 0.0350. The van der Waals surface area contributed by atoms with Crippen molar-refractivity contribution in [1.29, 1.82) is 10.5 Å². The number of rotatable bonds is 2. The molecule has 1 heterocycles. The van der Waals surface area contributed by atoms with Gasteiger partial charge in [0.1, 0.15) is 23.3 Å². The summed E-state index contributed by atoms with van der Waals surface area (Å²) in [5.74, 6) is 0. The van der Waals surface area contributed by atoms with Crippen molar-refractivity contribution in [2.45, 2.75) is 26.4 Å². The SMILES string of the molecule is C=C1CN(C(=O)OC(C)(C)C)/C(=C/C(=C(C#N)C#N)c2ccc(Br)cc2)S1. The van der Waals surface area contributed by atoms with E-state index in [0.717, 1.165) is 9.38 Å².